The average Bonchev–Trinajstić information content (AvgIpc) is 3.62. The molecular weight excluding hydrogens is 534 g/mol. The number of hydrogen-bond donors (Lipinski definition) is 0. The highest BCUT2D eigenvalue weighted by molar-refractivity contribution is 7.26. The van der Waals surface area contributed by atoms with Gasteiger partial charge in [0.25, 0.3) is 0 Å². The van der Waals surface area contributed by atoms with E-state index in [1.54, 1.807) is 11.3 Å². The number of aromatic nitrogens is 3. The molecule has 3 heterocycles. The molecule has 0 saturated heterocycles. The Kier molecular flexibility index (Phi) is 5.03. The molecule has 4 nitrogen and oxygen atoms in total. The lowest BCUT2D eigenvalue weighted by atomic mass is 10.0. The van der Waals surface area contributed by atoms with E-state index in [1.807, 2.05) is 42.5 Å². The molecule has 3 aromatic heterocycles. The minimum absolute atomic E-state index is 0.624. The van der Waals surface area contributed by atoms with E-state index >= 15 is 0 Å². The van der Waals surface area contributed by atoms with E-state index in [0.717, 1.165) is 44.0 Å². The summed E-state index contributed by atoms with van der Waals surface area (Å²) in [4.78, 5) is 15.3. The Hall–Kier alpha value is -5.39. The van der Waals surface area contributed by atoms with E-state index in [1.165, 1.54) is 25.6 Å². The zero-order valence-corrected chi connectivity index (χ0v) is 23.1. The van der Waals surface area contributed by atoms with Gasteiger partial charge < -0.3 is 4.42 Å². The smallest absolute Gasteiger partial charge is 0.165 e. The number of hydrogen-bond acceptors (Lipinski definition) is 5. The monoisotopic (exact) mass is 555 g/mol. The molecule has 196 valence electrons. The number of fused-ring (bicyclic) bond motifs is 7. The molecule has 0 aliphatic rings. The van der Waals surface area contributed by atoms with Crippen LogP contribution in [0.15, 0.2) is 132 Å². The molecular formula is C37H21N3OS. The summed E-state index contributed by atoms with van der Waals surface area (Å²) in [6, 6.07) is 43.9. The number of benzene rings is 6. The van der Waals surface area contributed by atoms with E-state index in [2.05, 4.69) is 84.9 Å². The zero-order chi connectivity index (χ0) is 27.6. The van der Waals surface area contributed by atoms with Crippen LogP contribution < -0.4 is 0 Å². The summed E-state index contributed by atoms with van der Waals surface area (Å²) in [7, 11) is 0. The molecule has 0 saturated carbocycles. The largest absolute Gasteiger partial charge is 0.456 e. The number of thiophene rings is 1. The first-order chi connectivity index (χ1) is 20.8. The van der Waals surface area contributed by atoms with Crippen LogP contribution in [0.1, 0.15) is 0 Å². The van der Waals surface area contributed by atoms with Gasteiger partial charge in [0, 0.05) is 47.6 Å². The molecule has 0 bridgehead atoms. The van der Waals surface area contributed by atoms with Gasteiger partial charge in [-0.2, -0.15) is 0 Å². The van der Waals surface area contributed by atoms with E-state index in [9.17, 15) is 0 Å². The number of rotatable bonds is 3. The molecule has 9 rings (SSSR count). The maximum Gasteiger partial charge on any atom is 0.165 e. The van der Waals surface area contributed by atoms with Crippen LogP contribution in [0.2, 0.25) is 0 Å². The van der Waals surface area contributed by atoms with Crippen LogP contribution in [0.5, 0.6) is 0 Å². The quantitative estimate of drug-likeness (QED) is 0.218. The fourth-order valence-corrected chi connectivity index (χ4v) is 7.17. The first kappa shape index (κ1) is 23.3. The Morgan fingerprint density at radius 2 is 1.14 bits per heavy atom. The van der Waals surface area contributed by atoms with Gasteiger partial charge in [0.15, 0.2) is 17.5 Å². The molecule has 0 radical (unpaired) electrons. The minimum Gasteiger partial charge on any atom is -0.456 e. The summed E-state index contributed by atoms with van der Waals surface area (Å²) in [5.74, 6) is 1.92. The third-order valence-electron chi connectivity index (χ3n) is 7.92. The van der Waals surface area contributed by atoms with Crippen molar-refractivity contribution in [2.24, 2.45) is 0 Å². The normalized spacial score (nSPS) is 11.8. The molecule has 0 N–H and O–H groups in total. The Bertz CT molecular complexity index is 2480. The summed E-state index contributed by atoms with van der Waals surface area (Å²) in [6.07, 6.45) is 0. The van der Waals surface area contributed by atoms with E-state index in [4.69, 9.17) is 19.4 Å². The molecule has 0 aliphatic heterocycles. The summed E-state index contributed by atoms with van der Waals surface area (Å²) < 4.78 is 8.80. The van der Waals surface area contributed by atoms with Gasteiger partial charge in [0.2, 0.25) is 0 Å². The van der Waals surface area contributed by atoms with Gasteiger partial charge in [0.05, 0.1) is 0 Å². The minimum atomic E-state index is 0.624. The van der Waals surface area contributed by atoms with Crippen LogP contribution in [-0.2, 0) is 0 Å². The van der Waals surface area contributed by atoms with Crippen LogP contribution in [-0.4, -0.2) is 15.0 Å². The Morgan fingerprint density at radius 1 is 0.476 bits per heavy atom. The topological polar surface area (TPSA) is 51.8 Å². The van der Waals surface area contributed by atoms with Crippen molar-refractivity contribution < 1.29 is 4.42 Å². The first-order valence-electron chi connectivity index (χ1n) is 13.9. The van der Waals surface area contributed by atoms with Crippen LogP contribution in [0.3, 0.4) is 0 Å². The van der Waals surface area contributed by atoms with Crippen LogP contribution in [0.25, 0.3) is 87.0 Å². The van der Waals surface area contributed by atoms with E-state index in [-0.39, 0.29) is 0 Å². The first-order valence-corrected chi connectivity index (χ1v) is 14.7. The Morgan fingerprint density at radius 3 is 2.02 bits per heavy atom. The summed E-state index contributed by atoms with van der Waals surface area (Å²) in [5.41, 5.74) is 4.54. The lowest BCUT2D eigenvalue weighted by Gasteiger charge is -2.10. The van der Waals surface area contributed by atoms with E-state index in [0.29, 0.717) is 17.5 Å². The van der Waals surface area contributed by atoms with E-state index < -0.39 is 0 Å². The van der Waals surface area contributed by atoms with Crippen molar-refractivity contribution in [1.82, 2.24) is 15.0 Å². The highest BCUT2D eigenvalue weighted by Gasteiger charge is 2.19. The van der Waals surface area contributed by atoms with Crippen LogP contribution in [0, 0.1) is 0 Å². The molecule has 0 amide bonds. The average molecular weight is 556 g/mol. The number of nitrogens with zero attached hydrogens (tertiary/aromatic N) is 3. The predicted molar refractivity (Wildman–Crippen MR) is 174 cm³/mol. The maximum atomic E-state index is 6.37. The summed E-state index contributed by atoms with van der Waals surface area (Å²) in [5, 5.41) is 6.84. The third kappa shape index (κ3) is 3.57. The zero-order valence-electron chi connectivity index (χ0n) is 22.3. The highest BCUT2D eigenvalue weighted by Crippen LogP contribution is 2.41. The molecule has 9 aromatic rings. The molecule has 0 fully saturated rings. The van der Waals surface area contributed by atoms with Crippen molar-refractivity contribution in [3.63, 3.8) is 0 Å². The molecule has 0 spiro atoms. The molecule has 6 aromatic carbocycles. The van der Waals surface area contributed by atoms with Gasteiger partial charge in [-0.25, -0.2) is 15.0 Å². The van der Waals surface area contributed by atoms with Crippen LogP contribution in [0.4, 0.5) is 0 Å². The number of furan rings is 1. The fraction of sp³-hybridized carbons (Fsp3) is 0. The lowest BCUT2D eigenvalue weighted by molar-refractivity contribution is 0.669. The summed E-state index contributed by atoms with van der Waals surface area (Å²) >= 11 is 1.78. The Labute approximate surface area is 244 Å². The fourth-order valence-electron chi connectivity index (χ4n) is 5.95. The van der Waals surface area contributed by atoms with Crippen molar-refractivity contribution >= 4 is 64.2 Å². The maximum absolute atomic E-state index is 6.37. The van der Waals surface area contributed by atoms with Crippen LogP contribution >= 0.6 is 11.3 Å². The van der Waals surface area contributed by atoms with Crippen molar-refractivity contribution in [3.05, 3.63) is 127 Å². The standard InChI is InChI=1S/C37H21N3OS/c1-2-10-22(11-3-1)35-38-36(40-37(39-35)28-17-8-15-26-25-14-6-7-19-32(25)42-34(26)28)27-16-9-18-30-33(27)29-20-23-12-4-5-13-24(23)21-31(29)41-30/h1-21H. The molecule has 0 atom stereocenters. The summed E-state index contributed by atoms with van der Waals surface area (Å²) in [6.45, 7) is 0. The van der Waals surface area contributed by atoms with Gasteiger partial charge in [-0.1, -0.05) is 97.1 Å². The van der Waals surface area contributed by atoms with Crippen molar-refractivity contribution in [2.75, 3.05) is 0 Å². The van der Waals surface area contributed by atoms with Gasteiger partial charge >= 0.3 is 0 Å². The molecule has 0 unspecified atom stereocenters. The highest BCUT2D eigenvalue weighted by atomic mass is 32.1. The lowest BCUT2D eigenvalue weighted by Crippen LogP contribution is -2.00. The second-order valence-electron chi connectivity index (χ2n) is 10.4. The van der Waals surface area contributed by atoms with Gasteiger partial charge in [-0.3, -0.25) is 0 Å². The molecule has 5 heteroatoms. The second kappa shape index (κ2) is 9.06. The van der Waals surface area contributed by atoms with Gasteiger partial charge in [0.1, 0.15) is 11.2 Å². The van der Waals surface area contributed by atoms with Crippen molar-refractivity contribution in [3.8, 4) is 34.2 Å². The Balaban J connectivity index is 1.35. The predicted octanol–water partition coefficient (Wildman–Crippen LogP) is 10.3. The van der Waals surface area contributed by atoms with Gasteiger partial charge in [-0.05, 0) is 41.1 Å². The SMILES string of the molecule is c1ccc(-c2nc(-c3cccc4c3sc3ccccc34)nc(-c3cccc4oc5cc6ccccc6cc5c34)n2)cc1. The third-order valence-corrected chi connectivity index (χ3v) is 9.14. The second-order valence-corrected chi connectivity index (χ2v) is 11.5. The van der Waals surface area contributed by atoms with Crippen molar-refractivity contribution in [1.29, 1.82) is 0 Å². The van der Waals surface area contributed by atoms with Crippen molar-refractivity contribution in [2.45, 2.75) is 0 Å². The molecule has 42 heavy (non-hydrogen) atoms. The van der Waals surface area contributed by atoms with Gasteiger partial charge in [-0.15, -0.1) is 11.3 Å². The molecule has 0 aliphatic carbocycles.